The predicted molar refractivity (Wildman–Crippen MR) is 52.3 cm³/mol. The highest BCUT2D eigenvalue weighted by molar-refractivity contribution is 8.00. The van der Waals surface area contributed by atoms with E-state index in [9.17, 15) is 0 Å². The maximum absolute atomic E-state index is 5.81. The summed E-state index contributed by atoms with van der Waals surface area (Å²) in [5.74, 6) is 0. The second kappa shape index (κ2) is 2.98. The first-order valence-corrected chi connectivity index (χ1v) is 5.02. The molecule has 12 heavy (non-hydrogen) atoms. The number of hydrogen-bond donors (Lipinski definition) is 1. The summed E-state index contributed by atoms with van der Waals surface area (Å²) in [5, 5.41) is 1.78. The number of rotatable bonds is 2. The lowest BCUT2D eigenvalue weighted by atomic mass is 10.3. The smallest absolute Gasteiger partial charge is 0.119 e. The fourth-order valence-electron chi connectivity index (χ4n) is 1.02. The van der Waals surface area contributed by atoms with E-state index in [1.165, 1.54) is 12.8 Å². The highest BCUT2D eigenvalue weighted by Crippen LogP contribution is 2.40. The molecule has 2 nitrogen and oxygen atoms in total. The zero-order valence-corrected chi connectivity index (χ0v) is 7.90. The van der Waals surface area contributed by atoms with Crippen LogP contribution in [-0.2, 0) is 0 Å². The van der Waals surface area contributed by atoms with Crippen molar-refractivity contribution in [1.82, 2.24) is 4.98 Å². The molecule has 3 heteroatoms. The molecule has 1 aliphatic carbocycles. The Kier molecular flexibility index (Phi) is 1.97. The lowest BCUT2D eigenvalue weighted by Crippen LogP contribution is -1.93. The lowest BCUT2D eigenvalue weighted by molar-refractivity contribution is 1.11. The summed E-state index contributed by atoms with van der Waals surface area (Å²) in [4.78, 5) is 4.30. The van der Waals surface area contributed by atoms with Crippen molar-refractivity contribution >= 4 is 17.4 Å². The molecular formula is C9H12N2S. The normalized spacial score (nSPS) is 16.4. The Bertz CT molecular complexity index is 295. The molecule has 0 spiro atoms. The average molecular weight is 180 g/mol. The Labute approximate surface area is 76.6 Å². The Morgan fingerprint density at radius 1 is 1.58 bits per heavy atom. The van der Waals surface area contributed by atoms with E-state index in [1.807, 2.05) is 30.9 Å². The molecule has 0 aromatic carbocycles. The van der Waals surface area contributed by atoms with Gasteiger partial charge in [0.25, 0.3) is 0 Å². The molecule has 1 aromatic heterocycles. The standard InChI is InChI=1S/C9H12N2S/c1-6-4-8(10)9(11-5-6)12-7-2-3-7/h4-5,7H,2-3,10H2,1H3. The summed E-state index contributed by atoms with van der Waals surface area (Å²) in [6, 6.07) is 1.98. The number of pyridine rings is 1. The van der Waals surface area contributed by atoms with Gasteiger partial charge in [-0.2, -0.15) is 0 Å². The Hall–Kier alpha value is -0.700. The van der Waals surface area contributed by atoms with Crippen molar-refractivity contribution in [2.45, 2.75) is 30.0 Å². The summed E-state index contributed by atoms with van der Waals surface area (Å²) in [5.41, 5.74) is 7.77. The van der Waals surface area contributed by atoms with Crippen molar-refractivity contribution in [3.8, 4) is 0 Å². The van der Waals surface area contributed by atoms with Gasteiger partial charge < -0.3 is 5.73 Å². The van der Waals surface area contributed by atoms with Gasteiger partial charge in [0, 0.05) is 11.4 Å². The molecule has 1 aromatic rings. The van der Waals surface area contributed by atoms with E-state index >= 15 is 0 Å². The van der Waals surface area contributed by atoms with Gasteiger partial charge in [-0.3, -0.25) is 0 Å². The summed E-state index contributed by atoms with van der Waals surface area (Å²) >= 11 is 1.81. The van der Waals surface area contributed by atoms with Gasteiger partial charge in [-0.05, 0) is 31.4 Å². The van der Waals surface area contributed by atoms with Gasteiger partial charge >= 0.3 is 0 Å². The summed E-state index contributed by atoms with van der Waals surface area (Å²) in [7, 11) is 0. The van der Waals surface area contributed by atoms with Crippen LogP contribution in [0.2, 0.25) is 0 Å². The van der Waals surface area contributed by atoms with E-state index in [0.717, 1.165) is 21.5 Å². The number of anilines is 1. The Morgan fingerprint density at radius 2 is 2.33 bits per heavy atom. The van der Waals surface area contributed by atoms with Gasteiger partial charge in [0.2, 0.25) is 0 Å². The molecule has 1 aliphatic rings. The van der Waals surface area contributed by atoms with Crippen molar-refractivity contribution in [2.75, 3.05) is 5.73 Å². The highest BCUT2D eigenvalue weighted by Gasteiger charge is 2.23. The van der Waals surface area contributed by atoms with Crippen molar-refractivity contribution in [3.05, 3.63) is 17.8 Å². The zero-order valence-electron chi connectivity index (χ0n) is 7.08. The minimum Gasteiger partial charge on any atom is -0.397 e. The van der Waals surface area contributed by atoms with Gasteiger partial charge in [0.15, 0.2) is 0 Å². The average Bonchev–Trinajstić information content (AvgIpc) is 2.79. The maximum atomic E-state index is 5.81. The SMILES string of the molecule is Cc1cnc(SC2CC2)c(N)c1. The molecular weight excluding hydrogens is 168 g/mol. The van der Waals surface area contributed by atoms with Gasteiger partial charge in [0.05, 0.1) is 5.69 Å². The van der Waals surface area contributed by atoms with Gasteiger partial charge in [-0.25, -0.2) is 4.98 Å². The molecule has 2 rings (SSSR count). The zero-order chi connectivity index (χ0) is 8.55. The fourth-order valence-corrected chi connectivity index (χ4v) is 2.02. The number of thioether (sulfide) groups is 1. The summed E-state index contributed by atoms with van der Waals surface area (Å²) in [6.45, 7) is 2.01. The Balaban J connectivity index is 2.18. The van der Waals surface area contributed by atoms with E-state index < -0.39 is 0 Å². The van der Waals surface area contributed by atoms with Gasteiger partial charge in [0.1, 0.15) is 5.03 Å². The largest absolute Gasteiger partial charge is 0.397 e. The third-order valence-corrected chi connectivity index (χ3v) is 3.19. The van der Waals surface area contributed by atoms with Crippen molar-refractivity contribution in [2.24, 2.45) is 0 Å². The van der Waals surface area contributed by atoms with Crippen molar-refractivity contribution < 1.29 is 0 Å². The van der Waals surface area contributed by atoms with Gasteiger partial charge in [-0.1, -0.05) is 0 Å². The van der Waals surface area contributed by atoms with E-state index in [2.05, 4.69) is 4.98 Å². The van der Waals surface area contributed by atoms with E-state index in [-0.39, 0.29) is 0 Å². The third-order valence-electron chi connectivity index (χ3n) is 1.82. The van der Waals surface area contributed by atoms with Crippen LogP contribution in [0.4, 0.5) is 5.69 Å². The number of hydrogen-bond acceptors (Lipinski definition) is 3. The quantitative estimate of drug-likeness (QED) is 0.758. The summed E-state index contributed by atoms with van der Waals surface area (Å²) < 4.78 is 0. The maximum Gasteiger partial charge on any atom is 0.119 e. The molecule has 1 fully saturated rings. The molecule has 2 N–H and O–H groups in total. The Morgan fingerprint density at radius 3 is 2.92 bits per heavy atom. The van der Waals surface area contributed by atoms with Crippen LogP contribution in [0.3, 0.4) is 0 Å². The molecule has 0 aliphatic heterocycles. The molecule has 0 bridgehead atoms. The van der Waals surface area contributed by atoms with Crippen molar-refractivity contribution in [1.29, 1.82) is 0 Å². The first-order chi connectivity index (χ1) is 5.75. The molecule has 0 atom stereocenters. The topological polar surface area (TPSA) is 38.9 Å². The van der Waals surface area contributed by atoms with Crippen LogP contribution < -0.4 is 5.73 Å². The van der Waals surface area contributed by atoms with Crippen LogP contribution in [0.1, 0.15) is 18.4 Å². The summed E-state index contributed by atoms with van der Waals surface area (Å²) in [6.07, 6.45) is 4.51. The van der Waals surface area contributed by atoms with E-state index in [1.54, 1.807) is 0 Å². The minimum atomic E-state index is 0.780. The number of nitrogen functional groups attached to an aromatic ring is 1. The van der Waals surface area contributed by atoms with Crippen LogP contribution in [0, 0.1) is 6.92 Å². The van der Waals surface area contributed by atoms with Crippen LogP contribution in [0.5, 0.6) is 0 Å². The number of aryl methyl sites for hydroxylation is 1. The third kappa shape index (κ3) is 1.72. The van der Waals surface area contributed by atoms with Gasteiger partial charge in [-0.15, -0.1) is 11.8 Å². The second-order valence-corrected chi connectivity index (χ2v) is 4.51. The molecule has 64 valence electrons. The van der Waals surface area contributed by atoms with Crippen LogP contribution in [0.25, 0.3) is 0 Å². The number of nitrogens with two attached hydrogens (primary N) is 1. The first-order valence-electron chi connectivity index (χ1n) is 4.14. The molecule has 0 unspecified atom stereocenters. The van der Waals surface area contributed by atoms with Crippen LogP contribution >= 0.6 is 11.8 Å². The lowest BCUT2D eigenvalue weighted by Gasteiger charge is -2.03. The number of nitrogens with zero attached hydrogens (tertiary/aromatic N) is 1. The van der Waals surface area contributed by atoms with Crippen LogP contribution in [0.15, 0.2) is 17.3 Å². The van der Waals surface area contributed by atoms with Crippen LogP contribution in [-0.4, -0.2) is 10.2 Å². The number of aromatic nitrogens is 1. The van der Waals surface area contributed by atoms with E-state index in [4.69, 9.17) is 5.73 Å². The molecule has 0 radical (unpaired) electrons. The monoisotopic (exact) mass is 180 g/mol. The molecule has 1 saturated carbocycles. The second-order valence-electron chi connectivity index (χ2n) is 3.22. The molecule has 0 saturated heterocycles. The molecule has 1 heterocycles. The van der Waals surface area contributed by atoms with Crippen molar-refractivity contribution in [3.63, 3.8) is 0 Å². The predicted octanol–water partition coefficient (Wildman–Crippen LogP) is 2.23. The highest BCUT2D eigenvalue weighted by atomic mass is 32.2. The fraction of sp³-hybridized carbons (Fsp3) is 0.444. The first kappa shape index (κ1) is 7.92. The van der Waals surface area contributed by atoms with E-state index in [0.29, 0.717) is 0 Å². The minimum absolute atomic E-state index is 0.780. The molecule has 0 amide bonds.